The lowest BCUT2D eigenvalue weighted by atomic mass is 9.98. The number of hydrogen-bond donors (Lipinski definition) is 2. The monoisotopic (exact) mass is 289 g/mol. The summed E-state index contributed by atoms with van der Waals surface area (Å²) in [6.07, 6.45) is 6.44. The Labute approximate surface area is 125 Å². The molecule has 1 amide bonds. The molecule has 1 rings (SSSR count). The largest absolute Gasteiger partial charge is 0.478 e. The van der Waals surface area contributed by atoms with Crippen molar-refractivity contribution in [2.24, 2.45) is 5.92 Å². The van der Waals surface area contributed by atoms with Crippen molar-refractivity contribution in [1.29, 1.82) is 0 Å². The van der Waals surface area contributed by atoms with Crippen molar-refractivity contribution in [2.45, 2.75) is 39.5 Å². The molecule has 2 N–H and O–H groups in total. The minimum Gasteiger partial charge on any atom is -0.478 e. The van der Waals surface area contributed by atoms with E-state index in [-0.39, 0.29) is 11.8 Å². The number of amides is 1. The van der Waals surface area contributed by atoms with Crippen LogP contribution in [-0.4, -0.2) is 17.0 Å². The molecule has 0 heterocycles. The van der Waals surface area contributed by atoms with Crippen LogP contribution < -0.4 is 5.32 Å². The average Bonchev–Trinajstić information content (AvgIpc) is 2.46. The fourth-order valence-corrected chi connectivity index (χ4v) is 2.10. The van der Waals surface area contributed by atoms with Crippen molar-refractivity contribution >= 4 is 23.6 Å². The standard InChI is InChI=1S/C17H23NO3/c1-3-5-8-14(4-2)17(21)18-15-9-6-7-13(12-15)10-11-16(19)20/h6-7,9-12,14H,3-5,8H2,1-2H3,(H,18,21)(H,19,20)/b11-10+. The number of aliphatic carboxylic acids is 1. The molecule has 1 atom stereocenters. The van der Waals surface area contributed by atoms with Gasteiger partial charge >= 0.3 is 5.97 Å². The number of nitrogens with one attached hydrogen (secondary N) is 1. The molecule has 0 bridgehead atoms. The van der Waals surface area contributed by atoms with Gasteiger partial charge in [0.05, 0.1) is 0 Å². The van der Waals surface area contributed by atoms with E-state index in [1.165, 1.54) is 6.08 Å². The summed E-state index contributed by atoms with van der Waals surface area (Å²) in [4.78, 5) is 22.7. The molecule has 0 fully saturated rings. The third-order valence-electron chi connectivity index (χ3n) is 3.34. The Bertz CT molecular complexity index is 509. The maximum Gasteiger partial charge on any atom is 0.328 e. The number of carboxylic acid groups (broad SMARTS) is 1. The topological polar surface area (TPSA) is 66.4 Å². The van der Waals surface area contributed by atoms with Crippen LogP contribution in [0.25, 0.3) is 6.08 Å². The molecule has 4 heteroatoms. The van der Waals surface area contributed by atoms with Gasteiger partial charge in [-0.15, -0.1) is 0 Å². The first-order valence-electron chi connectivity index (χ1n) is 7.38. The van der Waals surface area contributed by atoms with Crippen molar-refractivity contribution in [3.8, 4) is 0 Å². The van der Waals surface area contributed by atoms with Crippen LogP contribution in [0.2, 0.25) is 0 Å². The van der Waals surface area contributed by atoms with Crippen molar-refractivity contribution in [1.82, 2.24) is 0 Å². The number of anilines is 1. The van der Waals surface area contributed by atoms with Gasteiger partial charge in [-0.1, -0.05) is 38.8 Å². The molecule has 114 valence electrons. The van der Waals surface area contributed by atoms with Gasteiger partial charge in [-0.2, -0.15) is 0 Å². The number of carbonyl (C=O) groups excluding carboxylic acids is 1. The zero-order chi connectivity index (χ0) is 15.7. The number of benzene rings is 1. The summed E-state index contributed by atoms with van der Waals surface area (Å²) in [5, 5.41) is 11.5. The van der Waals surface area contributed by atoms with E-state index in [1.807, 2.05) is 13.0 Å². The summed E-state index contributed by atoms with van der Waals surface area (Å²) in [7, 11) is 0. The molecule has 0 radical (unpaired) electrons. The van der Waals surface area contributed by atoms with Crippen molar-refractivity contribution in [3.63, 3.8) is 0 Å². The van der Waals surface area contributed by atoms with Crippen molar-refractivity contribution in [3.05, 3.63) is 35.9 Å². The van der Waals surface area contributed by atoms with Crippen LogP contribution in [0.3, 0.4) is 0 Å². The van der Waals surface area contributed by atoms with Gasteiger partial charge in [-0.05, 0) is 36.6 Å². The summed E-state index contributed by atoms with van der Waals surface area (Å²) in [6, 6.07) is 7.17. The first-order chi connectivity index (χ1) is 10.1. The van der Waals surface area contributed by atoms with Crippen LogP contribution >= 0.6 is 0 Å². The average molecular weight is 289 g/mol. The zero-order valence-electron chi connectivity index (χ0n) is 12.6. The molecule has 0 saturated carbocycles. The lowest BCUT2D eigenvalue weighted by molar-refractivity contribution is -0.131. The molecule has 0 aliphatic rings. The van der Waals surface area contributed by atoms with Crippen LogP contribution in [0.4, 0.5) is 5.69 Å². The normalized spacial score (nSPS) is 12.3. The molecule has 4 nitrogen and oxygen atoms in total. The summed E-state index contributed by atoms with van der Waals surface area (Å²) < 4.78 is 0. The third kappa shape index (κ3) is 6.25. The van der Waals surface area contributed by atoms with Crippen LogP contribution in [0.5, 0.6) is 0 Å². The minimum atomic E-state index is -0.991. The number of rotatable bonds is 8. The molecule has 0 aliphatic heterocycles. The zero-order valence-corrected chi connectivity index (χ0v) is 12.6. The predicted molar refractivity (Wildman–Crippen MR) is 85.0 cm³/mol. The van der Waals surface area contributed by atoms with Crippen molar-refractivity contribution < 1.29 is 14.7 Å². The van der Waals surface area contributed by atoms with Gasteiger partial charge in [0, 0.05) is 17.7 Å². The molecular weight excluding hydrogens is 266 g/mol. The molecule has 0 aliphatic carbocycles. The second kappa shape index (κ2) is 8.95. The number of carboxylic acids is 1. The molecule has 0 spiro atoms. The van der Waals surface area contributed by atoms with Gasteiger partial charge in [0.15, 0.2) is 0 Å². The Morgan fingerprint density at radius 1 is 1.33 bits per heavy atom. The lowest BCUT2D eigenvalue weighted by Crippen LogP contribution is -2.22. The number of hydrogen-bond acceptors (Lipinski definition) is 2. The van der Waals surface area contributed by atoms with Gasteiger partial charge < -0.3 is 10.4 Å². The highest BCUT2D eigenvalue weighted by molar-refractivity contribution is 5.93. The molecule has 1 aromatic carbocycles. The van der Waals surface area contributed by atoms with Gasteiger partial charge in [0.25, 0.3) is 0 Å². The summed E-state index contributed by atoms with van der Waals surface area (Å²) >= 11 is 0. The predicted octanol–water partition coefficient (Wildman–Crippen LogP) is 3.94. The summed E-state index contributed by atoms with van der Waals surface area (Å²) in [5.41, 5.74) is 1.44. The Hall–Kier alpha value is -2.10. The van der Waals surface area contributed by atoms with Crippen molar-refractivity contribution in [2.75, 3.05) is 5.32 Å². The van der Waals surface area contributed by atoms with Crippen LogP contribution in [0, 0.1) is 5.92 Å². The highest BCUT2D eigenvalue weighted by Gasteiger charge is 2.15. The summed E-state index contributed by atoms with van der Waals surface area (Å²) in [5.74, 6) is -0.927. The van der Waals surface area contributed by atoms with E-state index in [0.717, 1.165) is 37.3 Å². The maximum atomic E-state index is 12.2. The quantitative estimate of drug-likeness (QED) is 0.712. The highest BCUT2D eigenvalue weighted by Crippen LogP contribution is 2.17. The summed E-state index contributed by atoms with van der Waals surface area (Å²) in [6.45, 7) is 4.13. The van der Waals surface area contributed by atoms with Gasteiger partial charge in [0.2, 0.25) is 5.91 Å². The fraction of sp³-hybridized carbons (Fsp3) is 0.412. The third-order valence-corrected chi connectivity index (χ3v) is 3.34. The van der Waals surface area contributed by atoms with E-state index in [0.29, 0.717) is 5.69 Å². The number of carbonyl (C=O) groups is 2. The Morgan fingerprint density at radius 2 is 2.10 bits per heavy atom. The van der Waals surface area contributed by atoms with Crippen LogP contribution in [0.15, 0.2) is 30.3 Å². The smallest absolute Gasteiger partial charge is 0.328 e. The molecule has 0 aromatic heterocycles. The SMILES string of the molecule is CCCCC(CC)C(=O)Nc1cccc(/C=C/C(=O)O)c1. The second-order valence-corrected chi connectivity index (χ2v) is 5.03. The second-order valence-electron chi connectivity index (χ2n) is 5.03. The number of unbranched alkanes of at least 4 members (excludes halogenated alkanes) is 1. The first-order valence-corrected chi connectivity index (χ1v) is 7.38. The maximum absolute atomic E-state index is 12.2. The Kier molecular flexibility index (Phi) is 7.23. The molecule has 1 aromatic rings. The molecular formula is C17H23NO3. The first kappa shape index (κ1) is 17.0. The van der Waals surface area contributed by atoms with Gasteiger partial charge in [0.1, 0.15) is 0 Å². The highest BCUT2D eigenvalue weighted by atomic mass is 16.4. The molecule has 0 saturated heterocycles. The van der Waals surface area contributed by atoms with Crippen LogP contribution in [-0.2, 0) is 9.59 Å². The van der Waals surface area contributed by atoms with Gasteiger partial charge in [-0.3, -0.25) is 4.79 Å². The fourth-order valence-electron chi connectivity index (χ4n) is 2.10. The van der Waals surface area contributed by atoms with E-state index in [1.54, 1.807) is 18.2 Å². The van der Waals surface area contributed by atoms with E-state index < -0.39 is 5.97 Å². The lowest BCUT2D eigenvalue weighted by Gasteiger charge is -2.14. The Morgan fingerprint density at radius 3 is 2.71 bits per heavy atom. The van der Waals surface area contributed by atoms with Gasteiger partial charge in [-0.25, -0.2) is 4.79 Å². The van der Waals surface area contributed by atoms with E-state index in [4.69, 9.17) is 5.11 Å². The molecule has 1 unspecified atom stereocenters. The van der Waals surface area contributed by atoms with E-state index in [2.05, 4.69) is 12.2 Å². The van der Waals surface area contributed by atoms with Crippen LogP contribution in [0.1, 0.15) is 45.1 Å². The van der Waals surface area contributed by atoms with E-state index >= 15 is 0 Å². The Balaban J connectivity index is 2.71. The minimum absolute atomic E-state index is 0.0307. The molecule has 21 heavy (non-hydrogen) atoms. The van der Waals surface area contributed by atoms with E-state index in [9.17, 15) is 9.59 Å².